The van der Waals surface area contributed by atoms with Gasteiger partial charge in [0.1, 0.15) is 0 Å². The van der Waals surface area contributed by atoms with Gasteiger partial charge in [-0.3, -0.25) is 0 Å². The van der Waals surface area contributed by atoms with E-state index >= 15 is 0 Å². The molecular weight excluding hydrogens is 392 g/mol. The van der Waals surface area contributed by atoms with E-state index in [1.165, 1.54) is 34.0 Å². The Morgan fingerprint density at radius 2 is 1.95 bits per heavy atom. The molecule has 1 atom stereocenters. The molecule has 1 aromatic heterocycles. The first kappa shape index (κ1) is 13.9. The molecule has 2 aromatic carbocycles. The topological polar surface area (TPSA) is 37.8 Å². The Labute approximate surface area is 138 Å². The van der Waals surface area contributed by atoms with E-state index in [1.54, 1.807) is 6.07 Å². The van der Waals surface area contributed by atoms with Gasteiger partial charge in [-0.2, -0.15) is 0 Å². The van der Waals surface area contributed by atoms with Gasteiger partial charge in [0.25, 0.3) is 0 Å². The Hall–Kier alpha value is -1.76. The first-order chi connectivity index (χ1) is 10.8. The number of hydrogen-bond donors (Lipinski definition) is 1. The molecule has 0 amide bonds. The molecule has 1 unspecified atom stereocenters. The van der Waals surface area contributed by atoms with E-state index in [1.807, 2.05) is 0 Å². The summed E-state index contributed by atoms with van der Waals surface area (Å²) >= 11 is 0.449. The van der Waals surface area contributed by atoms with Crippen molar-refractivity contribution in [2.75, 3.05) is 9.74 Å². The molecule has 5 heteroatoms. The van der Waals surface area contributed by atoms with Crippen LogP contribution in [-0.2, 0) is 6.54 Å². The van der Waals surface area contributed by atoms with Gasteiger partial charge in [0, 0.05) is 0 Å². The molecule has 1 N–H and O–H groups in total. The van der Waals surface area contributed by atoms with Crippen molar-refractivity contribution in [1.29, 1.82) is 0 Å². The molecule has 1 aliphatic heterocycles. The normalized spacial score (nSPS) is 17.0. The molecule has 3 aromatic rings. The van der Waals surface area contributed by atoms with E-state index < -0.39 is 0 Å². The van der Waals surface area contributed by atoms with Crippen LogP contribution in [-0.4, -0.2) is 14.4 Å². The molecular formula is C17H14FIN3-. The Kier molecular flexibility index (Phi) is 3.65. The average molecular weight is 406 g/mol. The Balaban J connectivity index is 1.54. The minimum atomic E-state index is -0.276. The van der Waals surface area contributed by atoms with Crippen LogP contribution in [0.1, 0.15) is 15.1 Å². The number of halogens is 2. The number of hydrogen-bond acceptors (Lipinski definition) is 3. The quantitative estimate of drug-likeness (QED) is 0.508. The van der Waals surface area contributed by atoms with Crippen LogP contribution in [0.4, 0.5) is 10.2 Å². The number of fused-ring (bicyclic) bond motifs is 1. The summed E-state index contributed by atoms with van der Waals surface area (Å²) in [6, 6.07) is 13.3. The van der Waals surface area contributed by atoms with Gasteiger partial charge in [0.15, 0.2) is 0 Å². The summed E-state index contributed by atoms with van der Waals surface area (Å²) in [6.45, 7) is 0.669. The molecule has 112 valence electrons. The van der Waals surface area contributed by atoms with E-state index in [-0.39, 0.29) is 5.82 Å². The monoisotopic (exact) mass is 406 g/mol. The maximum atomic E-state index is 13.4. The number of anilines is 1. The summed E-state index contributed by atoms with van der Waals surface area (Å²) < 4.78 is 15.7. The minimum absolute atomic E-state index is 0.276. The molecule has 0 aliphatic carbocycles. The van der Waals surface area contributed by atoms with Crippen molar-refractivity contribution in [3.63, 3.8) is 0 Å². The molecule has 4 rings (SSSR count). The van der Waals surface area contributed by atoms with E-state index in [2.05, 4.69) is 39.6 Å². The zero-order chi connectivity index (χ0) is 14.9. The molecule has 0 saturated carbocycles. The number of nitrogens with one attached hydrogen (secondary N) is 1. The molecule has 3 nitrogen and oxygen atoms in total. The molecule has 2 heterocycles. The van der Waals surface area contributed by atoms with Crippen LogP contribution in [0.25, 0.3) is 10.9 Å². The van der Waals surface area contributed by atoms with E-state index in [0.29, 0.717) is 39.0 Å². The van der Waals surface area contributed by atoms with Crippen molar-refractivity contribution in [3.05, 3.63) is 65.7 Å². The van der Waals surface area contributed by atoms with Gasteiger partial charge in [0.05, 0.1) is 0 Å². The summed E-state index contributed by atoms with van der Waals surface area (Å²) in [6.07, 6.45) is 1.50. The predicted octanol–water partition coefficient (Wildman–Crippen LogP) is 0.525. The SMILES string of the molecule is Fc1ccc2ncnc(NCc3ccc(C4C[I-]4)cc3)c2c1. The third-order valence-corrected chi connectivity index (χ3v) is 6.19. The average Bonchev–Trinajstić information content (AvgIpc) is 3.38. The van der Waals surface area contributed by atoms with Gasteiger partial charge in [0.2, 0.25) is 0 Å². The number of aromatic nitrogens is 2. The van der Waals surface area contributed by atoms with Crippen molar-refractivity contribution < 1.29 is 25.6 Å². The molecule has 0 radical (unpaired) electrons. The molecule has 22 heavy (non-hydrogen) atoms. The number of alkyl halides is 2. The summed E-state index contributed by atoms with van der Waals surface area (Å²) in [5.74, 6) is 0.393. The van der Waals surface area contributed by atoms with Crippen LogP contribution in [0.15, 0.2) is 48.8 Å². The van der Waals surface area contributed by atoms with E-state index in [9.17, 15) is 4.39 Å². The first-order valence-electron chi connectivity index (χ1n) is 7.10. The van der Waals surface area contributed by atoms with E-state index in [4.69, 9.17) is 0 Å². The Morgan fingerprint density at radius 3 is 2.73 bits per heavy atom. The summed E-state index contributed by atoms with van der Waals surface area (Å²) in [7, 11) is 0. The first-order valence-corrected chi connectivity index (χ1v) is 9.87. The van der Waals surface area contributed by atoms with Gasteiger partial charge in [-0.05, 0) is 0 Å². The summed E-state index contributed by atoms with van der Waals surface area (Å²) in [5, 5.41) is 3.99. The second-order valence-electron chi connectivity index (χ2n) is 5.26. The van der Waals surface area contributed by atoms with Gasteiger partial charge in [-0.1, -0.05) is 0 Å². The second-order valence-corrected chi connectivity index (χ2v) is 8.52. The van der Waals surface area contributed by atoms with Crippen molar-refractivity contribution in [3.8, 4) is 0 Å². The van der Waals surface area contributed by atoms with Crippen molar-refractivity contribution in [1.82, 2.24) is 9.97 Å². The van der Waals surface area contributed by atoms with Crippen molar-refractivity contribution in [2.45, 2.75) is 10.5 Å². The molecule has 1 aliphatic rings. The standard InChI is InChI=1S/C17H14FIN3/c18-13-5-6-16-14(7-13)17(22-10-21-16)20-9-11-1-3-12(4-2-11)15-8-19-15/h1-7,10,15H,8-9H2,(H,20,21,22)/q-1. The van der Waals surface area contributed by atoms with Crippen LogP contribution in [0.3, 0.4) is 0 Å². The van der Waals surface area contributed by atoms with Crippen LogP contribution in [0, 0.1) is 5.82 Å². The number of benzene rings is 2. The molecule has 1 fully saturated rings. The summed E-state index contributed by atoms with van der Waals surface area (Å²) in [5.41, 5.74) is 3.42. The fraction of sp³-hybridized carbons (Fsp3) is 0.176. The number of rotatable bonds is 4. The summed E-state index contributed by atoms with van der Waals surface area (Å²) in [4.78, 5) is 8.40. The predicted molar refractivity (Wildman–Crippen MR) is 80.9 cm³/mol. The van der Waals surface area contributed by atoms with Gasteiger partial charge in [-0.15, -0.1) is 0 Å². The number of nitrogens with zero attached hydrogens (tertiary/aromatic N) is 2. The fourth-order valence-corrected chi connectivity index (χ4v) is 4.11. The third-order valence-electron chi connectivity index (χ3n) is 3.71. The second kappa shape index (κ2) is 5.79. The van der Waals surface area contributed by atoms with Gasteiger partial charge >= 0.3 is 138 Å². The van der Waals surface area contributed by atoms with Crippen LogP contribution < -0.4 is 26.5 Å². The van der Waals surface area contributed by atoms with Gasteiger partial charge < -0.3 is 0 Å². The fourth-order valence-electron chi connectivity index (χ4n) is 2.42. The van der Waals surface area contributed by atoms with Crippen LogP contribution in [0.2, 0.25) is 0 Å². The van der Waals surface area contributed by atoms with E-state index in [0.717, 1.165) is 9.44 Å². The van der Waals surface area contributed by atoms with Crippen molar-refractivity contribution in [2.24, 2.45) is 0 Å². The molecule has 0 bridgehead atoms. The van der Waals surface area contributed by atoms with Crippen LogP contribution in [0.5, 0.6) is 0 Å². The van der Waals surface area contributed by atoms with Crippen LogP contribution >= 0.6 is 0 Å². The molecule has 0 spiro atoms. The van der Waals surface area contributed by atoms with Crippen molar-refractivity contribution >= 4 is 16.7 Å². The maximum absolute atomic E-state index is 13.4. The molecule has 1 saturated heterocycles. The third kappa shape index (κ3) is 2.90. The zero-order valence-electron chi connectivity index (χ0n) is 11.8. The van der Waals surface area contributed by atoms with Gasteiger partial charge in [-0.25, -0.2) is 0 Å². The Morgan fingerprint density at radius 1 is 1.14 bits per heavy atom. The zero-order valence-corrected chi connectivity index (χ0v) is 13.9. The Bertz CT molecular complexity index is 816.